The highest BCUT2D eigenvalue weighted by molar-refractivity contribution is 6.08. The number of benzene rings is 1. The Hall–Kier alpha value is -1.37. The van der Waals surface area contributed by atoms with Crippen molar-refractivity contribution in [1.82, 2.24) is 0 Å². The van der Waals surface area contributed by atoms with Crippen molar-refractivity contribution in [2.24, 2.45) is 5.92 Å². The molecule has 96 valence electrons. The van der Waals surface area contributed by atoms with Gasteiger partial charge in [-0.3, -0.25) is 4.79 Å². The molecule has 1 unspecified atom stereocenters. The molecule has 1 heteroatoms. The van der Waals surface area contributed by atoms with Crippen molar-refractivity contribution in [3.05, 3.63) is 47.0 Å². The average Bonchev–Trinajstić information content (AvgIpc) is 2.40. The fourth-order valence-corrected chi connectivity index (χ4v) is 2.47. The first-order valence-corrected chi connectivity index (χ1v) is 7.03. The topological polar surface area (TPSA) is 17.1 Å². The fraction of sp³-hybridized carbons (Fsp3) is 0.471. The molecule has 1 aliphatic carbocycles. The number of ketones is 1. The van der Waals surface area contributed by atoms with Crippen LogP contribution in [0, 0.1) is 5.92 Å². The minimum absolute atomic E-state index is 0.227. The van der Waals surface area contributed by atoms with Crippen molar-refractivity contribution in [3.8, 4) is 0 Å². The predicted octanol–water partition coefficient (Wildman–Crippen LogP) is 4.57. The Morgan fingerprint density at radius 2 is 2.00 bits per heavy atom. The molecule has 1 aromatic rings. The number of hydrogen-bond acceptors (Lipinski definition) is 1. The summed E-state index contributed by atoms with van der Waals surface area (Å²) in [6.45, 7) is 4.42. The lowest BCUT2D eigenvalue weighted by molar-refractivity contribution is 0.102. The van der Waals surface area contributed by atoms with Crippen LogP contribution in [0.15, 0.2) is 35.9 Å². The molecular weight excluding hydrogens is 220 g/mol. The van der Waals surface area contributed by atoms with Crippen LogP contribution < -0.4 is 0 Å². The lowest BCUT2D eigenvalue weighted by Gasteiger charge is -2.17. The maximum absolute atomic E-state index is 12.3. The SMILES string of the molecule is CCCc1ccc(C(=O)C2=CCC(C)CC2)cc1. The van der Waals surface area contributed by atoms with E-state index in [9.17, 15) is 4.79 Å². The van der Waals surface area contributed by atoms with Crippen LogP contribution >= 0.6 is 0 Å². The minimum atomic E-state index is 0.227. The highest BCUT2D eigenvalue weighted by Crippen LogP contribution is 2.25. The first-order chi connectivity index (χ1) is 8.70. The molecule has 0 saturated heterocycles. The van der Waals surface area contributed by atoms with Gasteiger partial charge in [-0.1, -0.05) is 50.6 Å². The number of Topliss-reactive ketones (excluding diaryl/α,β-unsaturated/α-hetero) is 1. The van der Waals surface area contributed by atoms with E-state index in [0.717, 1.165) is 49.2 Å². The van der Waals surface area contributed by atoms with Crippen LogP contribution in [0.1, 0.15) is 55.5 Å². The highest BCUT2D eigenvalue weighted by atomic mass is 16.1. The van der Waals surface area contributed by atoms with Gasteiger partial charge in [0.15, 0.2) is 5.78 Å². The molecule has 1 nitrogen and oxygen atoms in total. The lowest BCUT2D eigenvalue weighted by Crippen LogP contribution is -2.10. The third-order valence-corrected chi connectivity index (χ3v) is 3.72. The summed E-state index contributed by atoms with van der Waals surface area (Å²) in [5.41, 5.74) is 3.17. The van der Waals surface area contributed by atoms with Gasteiger partial charge in [-0.05, 0) is 42.7 Å². The summed E-state index contributed by atoms with van der Waals surface area (Å²) < 4.78 is 0. The second-order valence-corrected chi connectivity index (χ2v) is 5.38. The molecule has 0 saturated carbocycles. The van der Waals surface area contributed by atoms with Crippen molar-refractivity contribution in [2.45, 2.75) is 46.0 Å². The van der Waals surface area contributed by atoms with E-state index in [4.69, 9.17) is 0 Å². The van der Waals surface area contributed by atoms with E-state index >= 15 is 0 Å². The lowest BCUT2D eigenvalue weighted by atomic mass is 9.87. The van der Waals surface area contributed by atoms with Gasteiger partial charge >= 0.3 is 0 Å². The van der Waals surface area contributed by atoms with Gasteiger partial charge in [-0.25, -0.2) is 0 Å². The van der Waals surface area contributed by atoms with E-state index in [0.29, 0.717) is 0 Å². The molecule has 0 aliphatic heterocycles. The number of hydrogen-bond donors (Lipinski definition) is 0. The zero-order valence-electron chi connectivity index (χ0n) is 11.4. The van der Waals surface area contributed by atoms with Gasteiger partial charge in [0.05, 0.1) is 0 Å². The first kappa shape index (κ1) is 13.1. The second-order valence-electron chi connectivity index (χ2n) is 5.38. The third kappa shape index (κ3) is 3.10. The van der Waals surface area contributed by atoms with E-state index in [1.54, 1.807) is 0 Å². The molecular formula is C17H22O. The Morgan fingerprint density at radius 1 is 1.28 bits per heavy atom. The molecule has 0 N–H and O–H groups in total. The average molecular weight is 242 g/mol. The van der Waals surface area contributed by atoms with Crippen molar-refractivity contribution in [2.75, 3.05) is 0 Å². The van der Waals surface area contributed by atoms with Gasteiger partial charge in [0, 0.05) is 5.56 Å². The molecule has 0 bridgehead atoms. The zero-order chi connectivity index (χ0) is 13.0. The molecule has 0 spiro atoms. The van der Waals surface area contributed by atoms with Gasteiger partial charge in [0.1, 0.15) is 0 Å². The molecule has 1 aliphatic rings. The maximum atomic E-state index is 12.3. The number of carbonyl (C=O) groups is 1. The molecule has 0 heterocycles. The van der Waals surface area contributed by atoms with Crippen LogP contribution in [0.5, 0.6) is 0 Å². The smallest absolute Gasteiger partial charge is 0.188 e. The van der Waals surface area contributed by atoms with Crippen molar-refractivity contribution in [3.63, 3.8) is 0 Å². The van der Waals surface area contributed by atoms with Gasteiger partial charge < -0.3 is 0 Å². The van der Waals surface area contributed by atoms with Gasteiger partial charge in [-0.15, -0.1) is 0 Å². The summed E-state index contributed by atoms with van der Waals surface area (Å²) >= 11 is 0. The number of aryl methyl sites for hydroxylation is 1. The van der Waals surface area contributed by atoms with Crippen LogP contribution in [-0.2, 0) is 6.42 Å². The van der Waals surface area contributed by atoms with E-state index in [-0.39, 0.29) is 5.78 Å². The monoisotopic (exact) mass is 242 g/mol. The predicted molar refractivity (Wildman–Crippen MR) is 75.9 cm³/mol. The fourth-order valence-electron chi connectivity index (χ4n) is 2.47. The number of carbonyl (C=O) groups excluding carboxylic acids is 1. The summed E-state index contributed by atoms with van der Waals surface area (Å²) in [5.74, 6) is 0.957. The zero-order valence-corrected chi connectivity index (χ0v) is 11.4. The Labute approximate surface area is 110 Å². The van der Waals surface area contributed by atoms with Crippen LogP contribution in [0.25, 0.3) is 0 Å². The van der Waals surface area contributed by atoms with E-state index in [1.807, 2.05) is 12.1 Å². The summed E-state index contributed by atoms with van der Waals surface area (Å²) in [6.07, 6.45) is 7.51. The number of allylic oxidation sites excluding steroid dienone is 2. The van der Waals surface area contributed by atoms with Crippen LogP contribution in [0.2, 0.25) is 0 Å². The molecule has 0 aromatic heterocycles. The summed E-state index contributed by atoms with van der Waals surface area (Å²) in [5, 5.41) is 0. The standard InChI is InChI=1S/C17H22O/c1-3-4-14-7-11-16(12-8-14)17(18)15-9-5-13(2)6-10-15/h7-9,11-13H,3-6,10H2,1-2H3. The molecule has 1 aromatic carbocycles. The van der Waals surface area contributed by atoms with E-state index in [1.165, 1.54) is 5.56 Å². The van der Waals surface area contributed by atoms with Gasteiger partial charge in [0.2, 0.25) is 0 Å². The van der Waals surface area contributed by atoms with Gasteiger partial charge in [-0.2, -0.15) is 0 Å². The Morgan fingerprint density at radius 3 is 2.56 bits per heavy atom. The van der Waals surface area contributed by atoms with Gasteiger partial charge in [0.25, 0.3) is 0 Å². The quantitative estimate of drug-likeness (QED) is 0.707. The number of rotatable bonds is 4. The molecule has 0 amide bonds. The maximum Gasteiger partial charge on any atom is 0.188 e. The molecule has 1 atom stereocenters. The third-order valence-electron chi connectivity index (χ3n) is 3.72. The second kappa shape index (κ2) is 5.99. The van der Waals surface area contributed by atoms with Crippen LogP contribution in [0.3, 0.4) is 0 Å². The van der Waals surface area contributed by atoms with E-state index < -0.39 is 0 Å². The normalized spacial score (nSPS) is 19.4. The van der Waals surface area contributed by atoms with Crippen molar-refractivity contribution >= 4 is 5.78 Å². The van der Waals surface area contributed by atoms with Crippen LogP contribution in [-0.4, -0.2) is 5.78 Å². The Balaban J connectivity index is 2.09. The minimum Gasteiger partial charge on any atom is -0.289 e. The van der Waals surface area contributed by atoms with Crippen molar-refractivity contribution < 1.29 is 4.79 Å². The molecule has 0 fully saturated rings. The first-order valence-electron chi connectivity index (χ1n) is 7.03. The summed E-state index contributed by atoms with van der Waals surface area (Å²) in [6, 6.07) is 8.13. The Kier molecular flexibility index (Phi) is 4.35. The van der Waals surface area contributed by atoms with Crippen molar-refractivity contribution in [1.29, 1.82) is 0 Å². The molecule has 2 rings (SSSR count). The highest BCUT2D eigenvalue weighted by Gasteiger charge is 2.17. The molecule has 0 radical (unpaired) electrons. The molecule has 18 heavy (non-hydrogen) atoms. The summed E-state index contributed by atoms with van der Waals surface area (Å²) in [7, 11) is 0. The largest absolute Gasteiger partial charge is 0.289 e. The van der Waals surface area contributed by atoms with Crippen LogP contribution in [0.4, 0.5) is 0 Å². The summed E-state index contributed by atoms with van der Waals surface area (Å²) in [4.78, 5) is 12.3. The van der Waals surface area contributed by atoms with E-state index in [2.05, 4.69) is 32.1 Å². The Bertz CT molecular complexity index is 439.